The van der Waals surface area contributed by atoms with Crippen LogP contribution in [0.5, 0.6) is 0 Å². The summed E-state index contributed by atoms with van der Waals surface area (Å²) >= 11 is 17.7. The van der Waals surface area contributed by atoms with Crippen LogP contribution in [0.25, 0.3) is 0 Å². The Morgan fingerprint density at radius 3 is 2.19 bits per heavy atom. The summed E-state index contributed by atoms with van der Waals surface area (Å²) in [5, 5.41) is 16.5. The van der Waals surface area contributed by atoms with Crippen molar-refractivity contribution < 1.29 is 14.5 Å². The van der Waals surface area contributed by atoms with Gasteiger partial charge in [0.15, 0.2) is 0 Å². The first-order valence-corrected chi connectivity index (χ1v) is 8.34. The van der Waals surface area contributed by atoms with Crippen LogP contribution < -0.4 is 10.6 Å². The Bertz CT molecular complexity index is 857. The Kier molecular flexibility index (Phi) is 6.79. The molecule has 26 heavy (non-hydrogen) atoms. The largest absolute Gasteiger partial charge is 0.352 e. The molecule has 0 spiro atoms. The first-order chi connectivity index (χ1) is 12.3. The molecular weight excluding hydrogens is 405 g/mol. The van der Waals surface area contributed by atoms with E-state index in [0.29, 0.717) is 26.3 Å². The van der Waals surface area contributed by atoms with E-state index in [0.717, 1.165) is 0 Å². The van der Waals surface area contributed by atoms with Gasteiger partial charge >= 0.3 is 0 Å². The van der Waals surface area contributed by atoms with Gasteiger partial charge in [0.1, 0.15) is 6.42 Å². The second-order valence-corrected chi connectivity index (χ2v) is 6.38. The Labute approximate surface area is 163 Å². The quantitative estimate of drug-likeness (QED) is 0.319. The van der Waals surface area contributed by atoms with Gasteiger partial charge in [-0.05, 0) is 29.8 Å². The van der Waals surface area contributed by atoms with Crippen LogP contribution in [-0.2, 0) is 16.1 Å². The summed E-state index contributed by atoms with van der Waals surface area (Å²) in [6.07, 6.45) is -0.421. The van der Waals surface area contributed by atoms with Crippen molar-refractivity contribution in [2.75, 3.05) is 5.32 Å². The maximum absolute atomic E-state index is 11.9. The summed E-state index contributed by atoms with van der Waals surface area (Å²) in [6, 6.07) is 8.26. The van der Waals surface area contributed by atoms with E-state index in [4.69, 9.17) is 34.8 Å². The molecule has 0 radical (unpaired) electrons. The molecule has 0 aliphatic rings. The van der Waals surface area contributed by atoms with Crippen molar-refractivity contribution in [3.05, 3.63) is 67.1 Å². The van der Waals surface area contributed by atoms with Gasteiger partial charge in [-0.25, -0.2) is 0 Å². The molecule has 0 bridgehead atoms. The second-order valence-electron chi connectivity index (χ2n) is 5.16. The highest BCUT2D eigenvalue weighted by Gasteiger charge is 2.12. The van der Waals surface area contributed by atoms with Crippen LogP contribution in [0.3, 0.4) is 0 Å². The molecule has 0 atom stereocenters. The maximum atomic E-state index is 11.9. The third-order valence-electron chi connectivity index (χ3n) is 3.25. The number of nitro groups is 1. The van der Waals surface area contributed by atoms with Gasteiger partial charge in [-0.1, -0.05) is 34.8 Å². The molecule has 0 aliphatic carbocycles. The van der Waals surface area contributed by atoms with Gasteiger partial charge in [0.25, 0.3) is 5.69 Å². The van der Waals surface area contributed by atoms with Gasteiger partial charge in [-0.3, -0.25) is 19.7 Å². The Morgan fingerprint density at radius 1 is 0.962 bits per heavy atom. The number of anilines is 1. The van der Waals surface area contributed by atoms with E-state index in [1.54, 1.807) is 0 Å². The van der Waals surface area contributed by atoms with Crippen LogP contribution in [0.1, 0.15) is 12.0 Å². The minimum absolute atomic E-state index is 0.0827. The fourth-order valence-electron chi connectivity index (χ4n) is 1.97. The Morgan fingerprint density at radius 2 is 1.58 bits per heavy atom. The summed E-state index contributed by atoms with van der Waals surface area (Å²) in [5.74, 6) is -1.08. The molecule has 2 aromatic carbocycles. The van der Waals surface area contributed by atoms with Crippen molar-refractivity contribution in [2.24, 2.45) is 0 Å². The van der Waals surface area contributed by atoms with Gasteiger partial charge in [0.05, 0.1) is 15.0 Å². The molecule has 0 saturated carbocycles. The number of carbonyl (C=O) groups is 2. The van der Waals surface area contributed by atoms with Gasteiger partial charge in [-0.15, -0.1) is 0 Å². The maximum Gasteiger partial charge on any atom is 0.269 e. The molecule has 2 N–H and O–H groups in total. The number of nitro benzene ring substituents is 1. The normalized spacial score (nSPS) is 10.3. The number of amides is 2. The molecule has 7 nitrogen and oxygen atoms in total. The zero-order valence-electron chi connectivity index (χ0n) is 13.1. The molecular formula is C16H12Cl3N3O4. The van der Waals surface area contributed by atoms with Crippen LogP contribution >= 0.6 is 34.8 Å². The van der Waals surface area contributed by atoms with Gasteiger partial charge in [-0.2, -0.15) is 0 Å². The fourth-order valence-corrected chi connectivity index (χ4v) is 2.61. The van der Waals surface area contributed by atoms with Gasteiger partial charge in [0.2, 0.25) is 11.8 Å². The van der Waals surface area contributed by atoms with Crippen LogP contribution in [0.2, 0.25) is 15.1 Å². The van der Waals surface area contributed by atoms with E-state index in [2.05, 4.69) is 10.6 Å². The summed E-state index contributed by atoms with van der Waals surface area (Å²) < 4.78 is 0. The Balaban J connectivity index is 1.86. The molecule has 0 heterocycles. The predicted octanol–water partition coefficient (Wildman–Crippen LogP) is 4.20. The minimum Gasteiger partial charge on any atom is -0.352 e. The van der Waals surface area contributed by atoms with E-state index in [1.165, 1.54) is 36.4 Å². The van der Waals surface area contributed by atoms with E-state index >= 15 is 0 Å². The Hall–Kier alpha value is -2.35. The zero-order valence-corrected chi connectivity index (χ0v) is 15.4. The molecule has 0 aromatic heterocycles. The highest BCUT2D eigenvalue weighted by atomic mass is 35.5. The van der Waals surface area contributed by atoms with E-state index in [1.807, 2.05) is 0 Å². The predicted molar refractivity (Wildman–Crippen MR) is 99.7 cm³/mol. The molecule has 2 amide bonds. The topological polar surface area (TPSA) is 101 Å². The lowest BCUT2D eigenvalue weighted by Gasteiger charge is -2.09. The lowest BCUT2D eigenvalue weighted by molar-refractivity contribution is -0.384. The smallest absolute Gasteiger partial charge is 0.269 e. The molecule has 0 unspecified atom stereocenters. The van der Waals surface area contributed by atoms with Crippen LogP contribution in [-0.4, -0.2) is 16.7 Å². The van der Waals surface area contributed by atoms with Gasteiger partial charge in [0, 0.05) is 29.4 Å². The number of halogens is 3. The fraction of sp³-hybridized carbons (Fsp3) is 0.125. The summed E-state index contributed by atoms with van der Waals surface area (Å²) in [6.45, 7) is 0.0827. The number of nitrogens with one attached hydrogen (secondary N) is 2. The zero-order chi connectivity index (χ0) is 19.3. The molecule has 2 rings (SSSR count). The van der Waals surface area contributed by atoms with Crippen molar-refractivity contribution in [2.45, 2.75) is 13.0 Å². The number of rotatable bonds is 6. The first-order valence-electron chi connectivity index (χ1n) is 7.20. The SMILES string of the molecule is O=C(CC(=O)Nc1ccc([N+](=O)[O-])cc1)NCc1cc(Cl)c(Cl)cc1Cl. The summed E-state index contributed by atoms with van der Waals surface area (Å²) in [7, 11) is 0. The molecule has 10 heteroatoms. The molecule has 0 fully saturated rings. The number of nitrogens with zero attached hydrogens (tertiary/aromatic N) is 1. The monoisotopic (exact) mass is 415 g/mol. The van der Waals surface area contributed by atoms with Crippen LogP contribution in [0.4, 0.5) is 11.4 Å². The lowest BCUT2D eigenvalue weighted by atomic mass is 10.2. The van der Waals surface area contributed by atoms with Crippen molar-refractivity contribution in [3.63, 3.8) is 0 Å². The van der Waals surface area contributed by atoms with Crippen LogP contribution in [0.15, 0.2) is 36.4 Å². The average molecular weight is 417 g/mol. The molecule has 0 saturated heterocycles. The van der Waals surface area contributed by atoms with Crippen molar-refractivity contribution in [1.82, 2.24) is 5.32 Å². The number of carbonyl (C=O) groups excluding carboxylic acids is 2. The third kappa shape index (κ3) is 5.59. The molecule has 0 aliphatic heterocycles. The highest BCUT2D eigenvalue weighted by molar-refractivity contribution is 6.43. The van der Waals surface area contributed by atoms with Crippen LogP contribution in [0, 0.1) is 10.1 Å². The summed E-state index contributed by atoms with van der Waals surface area (Å²) in [4.78, 5) is 33.7. The number of benzene rings is 2. The number of hydrogen-bond donors (Lipinski definition) is 2. The number of non-ortho nitro benzene ring substituents is 1. The third-order valence-corrected chi connectivity index (χ3v) is 4.32. The minimum atomic E-state index is -0.559. The van der Waals surface area contributed by atoms with Crippen molar-refractivity contribution >= 4 is 58.0 Å². The standard InChI is InChI=1S/C16H12Cl3N3O4/c17-12-6-14(19)13(18)5-9(12)8-20-15(23)7-16(24)21-10-1-3-11(4-2-10)22(25)26/h1-6H,7-8H2,(H,20,23)(H,21,24). The molecule has 2 aromatic rings. The van der Waals surface area contributed by atoms with E-state index < -0.39 is 23.2 Å². The molecule has 136 valence electrons. The van der Waals surface area contributed by atoms with E-state index in [-0.39, 0.29) is 12.2 Å². The first kappa shape index (κ1) is 20.0. The summed E-state index contributed by atoms with van der Waals surface area (Å²) in [5.41, 5.74) is 0.811. The highest BCUT2D eigenvalue weighted by Crippen LogP contribution is 2.28. The second kappa shape index (κ2) is 8.84. The van der Waals surface area contributed by atoms with Gasteiger partial charge < -0.3 is 10.6 Å². The van der Waals surface area contributed by atoms with E-state index in [9.17, 15) is 19.7 Å². The van der Waals surface area contributed by atoms with Crippen molar-refractivity contribution in [1.29, 1.82) is 0 Å². The number of hydrogen-bond acceptors (Lipinski definition) is 4. The average Bonchev–Trinajstić information content (AvgIpc) is 2.57. The van der Waals surface area contributed by atoms with Crippen molar-refractivity contribution in [3.8, 4) is 0 Å². The lowest BCUT2D eigenvalue weighted by Crippen LogP contribution is -2.27.